The number of methoxy groups -OCH3 is 1. The van der Waals surface area contributed by atoms with Gasteiger partial charge in [-0.3, -0.25) is 0 Å². The highest BCUT2D eigenvalue weighted by molar-refractivity contribution is 7.13. The van der Waals surface area contributed by atoms with Crippen LogP contribution >= 0.6 is 11.3 Å². The normalized spacial score (nSPS) is 16.2. The molecule has 25 heavy (non-hydrogen) atoms. The Bertz CT molecular complexity index is 704. The minimum atomic E-state index is -0.359. The molecule has 1 aromatic heterocycles. The molecule has 0 bridgehead atoms. The number of rotatable bonds is 7. The molecule has 0 amide bonds. The third-order valence-corrected chi connectivity index (χ3v) is 4.98. The lowest BCUT2D eigenvalue weighted by atomic mass is 10.2. The van der Waals surface area contributed by atoms with Crippen LogP contribution in [0, 0.1) is 0 Å². The first-order valence-corrected chi connectivity index (χ1v) is 9.03. The van der Waals surface area contributed by atoms with Crippen LogP contribution in [-0.2, 0) is 16.1 Å². The third-order valence-electron chi connectivity index (χ3n) is 4.05. The van der Waals surface area contributed by atoms with Gasteiger partial charge in [0, 0.05) is 18.5 Å². The van der Waals surface area contributed by atoms with Crippen molar-refractivity contribution >= 4 is 23.0 Å². The van der Waals surface area contributed by atoms with E-state index in [1.54, 1.807) is 0 Å². The predicted molar refractivity (Wildman–Crippen MR) is 97.4 cm³/mol. The molecule has 3 rings (SSSR count). The number of hydrogen-bond donors (Lipinski definition) is 1. The molecule has 1 atom stereocenters. The molecule has 0 aliphatic carbocycles. The quantitative estimate of drug-likeness (QED) is 0.762. The number of nitrogens with zero attached hydrogens (tertiary/aromatic N) is 1. The highest BCUT2D eigenvalue weighted by atomic mass is 32.1. The molecule has 2 N–H and O–H groups in total. The summed E-state index contributed by atoms with van der Waals surface area (Å²) in [5.74, 6) is 0.348. The number of hydrogen-bond acceptors (Lipinski definition) is 7. The third kappa shape index (κ3) is 3.95. The second-order valence-electron chi connectivity index (χ2n) is 5.72. The number of carbonyl (C=O) groups excluding carboxylic acids is 1. The lowest BCUT2D eigenvalue weighted by Gasteiger charge is -2.37. The van der Waals surface area contributed by atoms with E-state index in [1.165, 1.54) is 18.4 Å². The first-order chi connectivity index (χ1) is 12.2. The maximum absolute atomic E-state index is 12.0. The van der Waals surface area contributed by atoms with Crippen molar-refractivity contribution in [2.45, 2.75) is 12.6 Å². The number of anilines is 1. The smallest absolute Gasteiger partial charge is 0.350 e. The van der Waals surface area contributed by atoms with E-state index in [1.807, 2.05) is 35.7 Å². The van der Waals surface area contributed by atoms with E-state index in [-0.39, 0.29) is 12.0 Å². The van der Waals surface area contributed by atoms with Gasteiger partial charge in [-0.1, -0.05) is 30.3 Å². The predicted octanol–water partition coefficient (Wildman–Crippen LogP) is 2.28. The standard InChI is InChI=1S/C18H22N2O4S/c1-22-18(21)17-16-15(12-25-17)24-11-14(20(16)8-7-19)10-23-9-13-5-3-2-4-6-13/h2-6,12,14H,7-11,19H2,1H3. The number of fused-ring (bicyclic) bond motifs is 1. The molecule has 134 valence electrons. The molecule has 1 aromatic carbocycles. The fraction of sp³-hybridized carbons (Fsp3) is 0.389. The van der Waals surface area contributed by atoms with Gasteiger partial charge in [0.05, 0.1) is 26.4 Å². The average Bonchev–Trinajstić information content (AvgIpc) is 3.08. The van der Waals surface area contributed by atoms with Crippen LogP contribution in [0.4, 0.5) is 5.69 Å². The molecular weight excluding hydrogens is 340 g/mol. The van der Waals surface area contributed by atoms with Crippen molar-refractivity contribution in [3.63, 3.8) is 0 Å². The van der Waals surface area contributed by atoms with Crippen molar-refractivity contribution in [1.82, 2.24) is 0 Å². The molecule has 0 saturated heterocycles. The van der Waals surface area contributed by atoms with Gasteiger partial charge in [0.2, 0.25) is 0 Å². The summed E-state index contributed by atoms with van der Waals surface area (Å²) in [5.41, 5.74) is 7.68. The zero-order valence-corrected chi connectivity index (χ0v) is 15.0. The molecule has 1 aliphatic rings. The van der Waals surface area contributed by atoms with Crippen LogP contribution < -0.4 is 15.4 Å². The van der Waals surface area contributed by atoms with Gasteiger partial charge in [0.25, 0.3) is 0 Å². The van der Waals surface area contributed by atoms with E-state index in [0.717, 1.165) is 11.3 Å². The topological polar surface area (TPSA) is 74.0 Å². The first kappa shape index (κ1) is 17.7. The minimum Gasteiger partial charge on any atom is -0.488 e. The molecule has 1 unspecified atom stereocenters. The zero-order valence-electron chi connectivity index (χ0n) is 14.1. The van der Waals surface area contributed by atoms with Crippen LogP contribution in [0.15, 0.2) is 35.7 Å². The van der Waals surface area contributed by atoms with Gasteiger partial charge in [-0.15, -0.1) is 11.3 Å². The van der Waals surface area contributed by atoms with Crippen molar-refractivity contribution in [3.05, 3.63) is 46.2 Å². The minimum absolute atomic E-state index is 0.00207. The Balaban J connectivity index is 1.72. The summed E-state index contributed by atoms with van der Waals surface area (Å²) in [4.78, 5) is 14.7. The Hall–Kier alpha value is -2.09. The summed E-state index contributed by atoms with van der Waals surface area (Å²) in [5, 5.41) is 1.84. The van der Waals surface area contributed by atoms with Crippen LogP contribution in [0.2, 0.25) is 0 Å². The van der Waals surface area contributed by atoms with Gasteiger partial charge in [0.1, 0.15) is 17.2 Å². The number of ether oxygens (including phenoxy) is 3. The summed E-state index contributed by atoms with van der Waals surface area (Å²) in [6.45, 7) is 2.62. The van der Waals surface area contributed by atoms with Gasteiger partial charge >= 0.3 is 5.97 Å². The van der Waals surface area contributed by atoms with Crippen LogP contribution in [0.1, 0.15) is 15.2 Å². The molecule has 0 fully saturated rings. The Morgan fingerprint density at radius 2 is 2.20 bits per heavy atom. The van der Waals surface area contributed by atoms with Gasteiger partial charge in [-0.2, -0.15) is 0 Å². The Morgan fingerprint density at radius 1 is 1.40 bits per heavy atom. The summed E-state index contributed by atoms with van der Waals surface area (Å²) in [7, 11) is 1.38. The van der Waals surface area contributed by atoms with E-state index in [9.17, 15) is 4.79 Å². The van der Waals surface area contributed by atoms with Crippen molar-refractivity contribution < 1.29 is 19.0 Å². The molecule has 2 aromatic rings. The molecule has 1 aliphatic heterocycles. The summed E-state index contributed by atoms with van der Waals surface area (Å²) < 4.78 is 16.6. The summed E-state index contributed by atoms with van der Waals surface area (Å²) in [6, 6.07) is 10.0. The lowest BCUT2D eigenvalue weighted by Crippen LogP contribution is -2.48. The Labute approximate surface area is 151 Å². The van der Waals surface area contributed by atoms with Crippen LogP contribution in [0.5, 0.6) is 5.75 Å². The van der Waals surface area contributed by atoms with Crippen molar-refractivity contribution in [2.24, 2.45) is 5.73 Å². The van der Waals surface area contributed by atoms with E-state index in [4.69, 9.17) is 19.9 Å². The summed E-state index contributed by atoms with van der Waals surface area (Å²) in [6.07, 6.45) is 0. The molecular formula is C18H22N2O4S. The van der Waals surface area contributed by atoms with E-state index < -0.39 is 0 Å². The van der Waals surface area contributed by atoms with Crippen molar-refractivity contribution in [3.8, 4) is 5.75 Å². The van der Waals surface area contributed by atoms with Crippen molar-refractivity contribution in [1.29, 1.82) is 0 Å². The largest absolute Gasteiger partial charge is 0.488 e. The Morgan fingerprint density at radius 3 is 2.92 bits per heavy atom. The first-order valence-electron chi connectivity index (χ1n) is 8.15. The number of esters is 1. The monoisotopic (exact) mass is 362 g/mol. The zero-order chi connectivity index (χ0) is 17.6. The van der Waals surface area contributed by atoms with Gasteiger partial charge < -0.3 is 24.8 Å². The summed E-state index contributed by atoms with van der Waals surface area (Å²) >= 11 is 1.33. The highest BCUT2D eigenvalue weighted by Crippen LogP contribution is 2.42. The number of thiophene rings is 1. The highest BCUT2D eigenvalue weighted by Gasteiger charge is 2.33. The van der Waals surface area contributed by atoms with E-state index in [2.05, 4.69) is 4.90 Å². The maximum Gasteiger partial charge on any atom is 0.350 e. The van der Waals surface area contributed by atoms with Gasteiger partial charge in [0.15, 0.2) is 5.75 Å². The Kier molecular flexibility index (Phi) is 5.91. The van der Waals surface area contributed by atoms with Crippen LogP contribution in [0.3, 0.4) is 0 Å². The lowest BCUT2D eigenvalue weighted by molar-refractivity contribution is 0.0603. The SMILES string of the molecule is COC(=O)c1scc2c1N(CCN)C(COCc1ccccc1)CO2. The molecule has 6 nitrogen and oxygen atoms in total. The van der Waals surface area contributed by atoms with Gasteiger partial charge in [-0.25, -0.2) is 4.79 Å². The molecule has 2 heterocycles. The second kappa shape index (κ2) is 8.33. The molecule has 0 spiro atoms. The second-order valence-corrected chi connectivity index (χ2v) is 6.60. The number of benzene rings is 1. The number of nitrogens with two attached hydrogens (primary N) is 1. The fourth-order valence-corrected chi connectivity index (χ4v) is 3.78. The van der Waals surface area contributed by atoms with E-state index in [0.29, 0.717) is 43.5 Å². The molecule has 0 saturated carbocycles. The van der Waals surface area contributed by atoms with Crippen LogP contribution in [-0.4, -0.2) is 45.4 Å². The van der Waals surface area contributed by atoms with E-state index >= 15 is 0 Å². The van der Waals surface area contributed by atoms with Crippen molar-refractivity contribution in [2.75, 3.05) is 38.3 Å². The van der Waals surface area contributed by atoms with Gasteiger partial charge in [-0.05, 0) is 5.56 Å². The molecule has 0 radical (unpaired) electrons. The fourth-order valence-electron chi connectivity index (χ4n) is 2.86. The molecule has 7 heteroatoms. The average molecular weight is 362 g/mol. The van der Waals surface area contributed by atoms with Crippen LogP contribution in [0.25, 0.3) is 0 Å². The maximum atomic E-state index is 12.0. The number of carbonyl (C=O) groups is 1.